The predicted octanol–water partition coefficient (Wildman–Crippen LogP) is 2.73. The fourth-order valence-corrected chi connectivity index (χ4v) is 2.09. The number of halogens is 1. The van der Waals surface area contributed by atoms with Crippen molar-refractivity contribution in [3.05, 3.63) is 71.9 Å². The number of carbonyl (C=O) groups is 1. The maximum Gasteiger partial charge on any atom is 0.247 e. The minimum atomic E-state index is -0.361. The van der Waals surface area contributed by atoms with Crippen LogP contribution in [0.4, 0.5) is 4.39 Å². The van der Waals surface area contributed by atoms with Crippen molar-refractivity contribution in [2.24, 2.45) is 0 Å². The fraction of sp³-hybridized carbons (Fsp3) is 0.118. The number of aromatic nitrogens is 2. The van der Waals surface area contributed by atoms with Gasteiger partial charge >= 0.3 is 0 Å². The summed E-state index contributed by atoms with van der Waals surface area (Å²) in [5.41, 5.74) is 1.43. The van der Waals surface area contributed by atoms with Crippen LogP contribution in [-0.4, -0.2) is 16.1 Å². The van der Waals surface area contributed by atoms with E-state index in [2.05, 4.69) is 15.5 Å². The van der Waals surface area contributed by atoms with E-state index in [1.165, 1.54) is 12.1 Å². The first-order valence-corrected chi connectivity index (χ1v) is 7.09. The minimum absolute atomic E-state index is 0.0947. The van der Waals surface area contributed by atoms with Crippen molar-refractivity contribution in [2.75, 3.05) is 0 Å². The van der Waals surface area contributed by atoms with Gasteiger partial charge in [-0.2, -0.15) is 0 Å². The van der Waals surface area contributed by atoms with Gasteiger partial charge in [0.25, 0.3) is 0 Å². The van der Waals surface area contributed by atoms with Crippen LogP contribution in [-0.2, 0) is 17.8 Å². The molecule has 0 fully saturated rings. The van der Waals surface area contributed by atoms with Crippen LogP contribution in [0, 0.1) is 5.82 Å². The first-order chi connectivity index (χ1) is 11.2. The van der Waals surface area contributed by atoms with Crippen LogP contribution < -0.4 is 5.32 Å². The van der Waals surface area contributed by atoms with Crippen molar-refractivity contribution in [2.45, 2.75) is 13.0 Å². The second-order valence-corrected chi connectivity index (χ2v) is 4.95. The zero-order valence-corrected chi connectivity index (χ0v) is 12.2. The molecule has 1 heterocycles. The predicted molar refractivity (Wildman–Crippen MR) is 81.7 cm³/mol. The molecule has 116 valence electrons. The van der Waals surface area contributed by atoms with Gasteiger partial charge in [0.1, 0.15) is 5.82 Å². The molecule has 23 heavy (non-hydrogen) atoms. The van der Waals surface area contributed by atoms with Gasteiger partial charge in [-0.25, -0.2) is 4.39 Å². The second kappa shape index (κ2) is 6.83. The lowest BCUT2D eigenvalue weighted by Crippen LogP contribution is -2.24. The monoisotopic (exact) mass is 311 g/mol. The molecule has 1 N–H and O–H groups in total. The number of amides is 1. The zero-order valence-electron chi connectivity index (χ0n) is 12.2. The first-order valence-electron chi connectivity index (χ1n) is 7.09. The Kier molecular flexibility index (Phi) is 4.42. The largest absolute Gasteiger partial charge is 0.419 e. The van der Waals surface area contributed by atoms with Crippen LogP contribution in [0.5, 0.6) is 0 Å². The van der Waals surface area contributed by atoms with Gasteiger partial charge in [-0.1, -0.05) is 30.3 Å². The van der Waals surface area contributed by atoms with Crippen LogP contribution in [0.1, 0.15) is 11.5 Å². The molecule has 3 aromatic rings. The first kappa shape index (κ1) is 14.9. The highest BCUT2D eigenvalue weighted by Crippen LogP contribution is 2.16. The lowest BCUT2D eigenvalue weighted by molar-refractivity contribution is -0.120. The number of nitrogens with one attached hydrogen (secondary N) is 1. The Bertz CT molecular complexity index is 802. The normalized spacial score (nSPS) is 10.5. The lowest BCUT2D eigenvalue weighted by Gasteiger charge is -2.02. The molecule has 0 saturated carbocycles. The van der Waals surface area contributed by atoms with Crippen molar-refractivity contribution >= 4 is 5.91 Å². The average molecular weight is 311 g/mol. The van der Waals surface area contributed by atoms with Crippen LogP contribution >= 0.6 is 0 Å². The number of carbonyl (C=O) groups excluding carboxylic acids is 1. The molecule has 0 unspecified atom stereocenters. The molecule has 0 aliphatic carbocycles. The maximum absolute atomic E-state index is 13.1. The van der Waals surface area contributed by atoms with E-state index in [1.807, 2.05) is 30.3 Å². The zero-order chi connectivity index (χ0) is 16.1. The maximum atomic E-state index is 13.1. The highest BCUT2D eigenvalue weighted by molar-refractivity contribution is 5.78. The average Bonchev–Trinajstić information content (AvgIpc) is 3.03. The Morgan fingerprint density at radius 2 is 1.91 bits per heavy atom. The van der Waals surface area contributed by atoms with E-state index in [0.29, 0.717) is 17.3 Å². The van der Waals surface area contributed by atoms with E-state index in [0.717, 1.165) is 5.56 Å². The highest BCUT2D eigenvalue weighted by Gasteiger charge is 2.10. The summed E-state index contributed by atoms with van der Waals surface area (Å²) in [6.45, 7) is 0.133. The summed E-state index contributed by atoms with van der Waals surface area (Å²) in [7, 11) is 0. The third-order valence-electron chi connectivity index (χ3n) is 3.18. The molecular weight excluding hydrogens is 297 g/mol. The Labute approximate surface area is 132 Å². The van der Waals surface area contributed by atoms with Crippen LogP contribution in [0.3, 0.4) is 0 Å². The van der Waals surface area contributed by atoms with Crippen molar-refractivity contribution < 1.29 is 13.6 Å². The number of benzene rings is 2. The van der Waals surface area contributed by atoms with E-state index in [4.69, 9.17) is 4.42 Å². The van der Waals surface area contributed by atoms with Crippen LogP contribution in [0.15, 0.2) is 59.0 Å². The quantitative estimate of drug-likeness (QED) is 0.786. The minimum Gasteiger partial charge on any atom is -0.419 e. The molecule has 0 radical (unpaired) electrons. The Hall–Kier alpha value is -3.02. The molecule has 0 aliphatic heterocycles. The Morgan fingerprint density at radius 3 is 2.70 bits per heavy atom. The van der Waals surface area contributed by atoms with Crippen molar-refractivity contribution in [1.82, 2.24) is 15.5 Å². The van der Waals surface area contributed by atoms with E-state index < -0.39 is 0 Å². The summed E-state index contributed by atoms with van der Waals surface area (Å²) in [4.78, 5) is 11.9. The number of rotatable bonds is 5. The molecule has 3 rings (SSSR count). The summed E-state index contributed by atoms with van der Waals surface area (Å²) in [5, 5.41) is 10.5. The topological polar surface area (TPSA) is 68.0 Å². The third-order valence-corrected chi connectivity index (χ3v) is 3.18. The van der Waals surface area contributed by atoms with Gasteiger partial charge in [-0.3, -0.25) is 4.79 Å². The Balaban J connectivity index is 1.56. The highest BCUT2D eigenvalue weighted by atomic mass is 19.1. The molecule has 0 bridgehead atoms. The molecule has 5 nitrogen and oxygen atoms in total. The summed E-state index contributed by atoms with van der Waals surface area (Å²) in [6, 6.07) is 15.3. The van der Waals surface area contributed by atoms with Crippen molar-refractivity contribution in [3.63, 3.8) is 0 Å². The van der Waals surface area contributed by atoms with Gasteiger partial charge < -0.3 is 9.73 Å². The number of hydrogen-bond donors (Lipinski definition) is 1. The summed E-state index contributed by atoms with van der Waals surface area (Å²) in [5.74, 6) is 0.117. The molecule has 6 heteroatoms. The van der Waals surface area contributed by atoms with Crippen LogP contribution in [0.25, 0.3) is 11.5 Å². The molecule has 0 spiro atoms. The fourth-order valence-electron chi connectivity index (χ4n) is 2.09. The SMILES string of the molecule is O=C(Cc1cccc(F)c1)NCc1nnc(-c2ccccc2)o1. The molecule has 0 atom stereocenters. The van der Waals surface area contributed by atoms with Gasteiger partial charge in [-0.15, -0.1) is 10.2 Å². The second-order valence-electron chi connectivity index (χ2n) is 4.95. The smallest absolute Gasteiger partial charge is 0.247 e. The summed E-state index contributed by atoms with van der Waals surface area (Å²) in [6.07, 6.45) is 0.0947. The van der Waals surface area contributed by atoms with E-state index in [-0.39, 0.29) is 24.7 Å². The number of hydrogen-bond acceptors (Lipinski definition) is 4. The molecule has 2 aromatic carbocycles. The molecule has 0 aliphatic rings. The number of nitrogens with zero attached hydrogens (tertiary/aromatic N) is 2. The molecular formula is C17H14FN3O2. The van der Waals surface area contributed by atoms with E-state index in [1.54, 1.807) is 12.1 Å². The summed E-state index contributed by atoms with van der Waals surface area (Å²) >= 11 is 0. The summed E-state index contributed by atoms with van der Waals surface area (Å²) < 4.78 is 18.6. The van der Waals surface area contributed by atoms with Crippen molar-refractivity contribution in [1.29, 1.82) is 0 Å². The van der Waals surface area contributed by atoms with Gasteiger partial charge in [0.15, 0.2) is 0 Å². The van der Waals surface area contributed by atoms with Crippen LogP contribution in [0.2, 0.25) is 0 Å². The van der Waals surface area contributed by atoms with Gasteiger partial charge in [-0.05, 0) is 29.8 Å². The standard InChI is InChI=1S/C17H14FN3O2/c18-14-8-4-5-12(9-14)10-15(22)19-11-16-20-21-17(23-16)13-6-2-1-3-7-13/h1-9H,10-11H2,(H,19,22). The molecule has 1 aromatic heterocycles. The molecule has 1 amide bonds. The van der Waals surface area contributed by atoms with Gasteiger partial charge in [0.05, 0.1) is 13.0 Å². The third kappa shape index (κ3) is 4.00. The van der Waals surface area contributed by atoms with E-state index in [9.17, 15) is 9.18 Å². The van der Waals surface area contributed by atoms with Crippen molar-refractivity contribution in [3.8, 4) is 11.5 Å². The Morgan fingerprint density at radius 1 is 1.09 bits per heavy atom. The van der Waals surface area contributed by atoms with Gasteiger partial charge in [0.2, 0.25) is 17.7 Å². The van der Waals surface area contributed by atoms with E-state index >= 15 is 0 Å². The lowest BCUT2D eigenvalue weighted by atomic mass is 10.1. The molecule has 0 saturated heterocycles. The van der Waals surface area contributed by atoms with Gasteiger partial charge in [0, 0.05) is 5.56 Å².